The summed E-state index contributed by atoms with van der Waals surface area (Å²) in [6.45, 7) is 6.94. The average Bonchev–Trinajstić information content (AvgIpc) is 3.11. The number of hydrogen-bond acceptors (Lipinski definition) is 5. The molecule has 0 radical (unpaired) electrons. The number of benzene rings is 2. The highest BCUT2D eigenvalue weighted by molar-refractivity contribution is 7.91. The Balaban J connectivity index is 1.40. The molecule has 0 bridgehead atoms. The lowest BCUT2D eigenvalue weighted by molar-refractivity contribution is 0.135. The number of rotatable bonds is 3. The maximum atomic E-state index is 13.5. The van der Waals surface area contributed by atoms with Crippen molar-refractivity contribution in [1.82, 2.24) is 4.31 Å². The van der Waals surface area contributed by atoms with Gasteiger partial charge in [-0.3, -0.25) is 4.90 Å². The molecule has 0 unspecified atom stereocenters. The van der Waals surface area contributed by atoms with Gasteiger partial charge in [0.15, 0.2) is 0 Å². The number of carbonyl (C=O) groups excluding carboxylic acids is 1. The van der Waals surface area contributed by atoms with Gasteiger partial charge in [0, 0.05) is 29.4 Å². The predicted molar refractivity (Wildman–Crippen MR) is 127 cm³/mol. The molecule has 3 heterocycles. The number of thiophene rings is 1. The molecule has 168 valence electrons. The van der Waals surface area contributed by atoms with E-state index < -0.39 is 10.0 Å². The third-order valence-corrected chi connectivity index (χ3v) is 10.3. The number of anilines is 1. The summed E-state index contributed by atoms with van der Waals surface area (Å²) in [6.07, 6.45) is 0.805. The van der Waals surface area contributed by atoms with Gasteiger partial charge in [0.25, 0.3) is 10.0 Å². The molecule has 0 N–H and O–H groups in total. The van der Waals surface area contributed by atoms with Crippen LogP contribution < -0.4 is 4.90 Å². The summed E-state index contributed by atoms with van der Waals surface area (Å²) < 4.78 is 35.4. The second kappa shape index (κ2) is 7.86. The van der Waals surface area contributed by atoms with Crippen molar-refractivity contribution in [2.24, 2.45) is 0 Å². The molecular formula is C24H26N2O4S2. The minimum Gasteiger partial charge on any atom is -0.444 e. The monoisotopic (exact) mass is 470 g/mol. The largest absolute Gasteiger partial charge is 0.444 e. The summed E-state index contributed by atoms with van der Waals surface area (Å²) in [6, 6.07) is 11.9. The van der Waals surface area contributed by atoms with Crippen LogP contribution in [0.4, 0.5) is 10.5 Å². The fourth-order valence-corrected chi connectivity index (χ4v) is 8.18. The van der Waals surface area contributed by atoms with Crippen LogP contribution in [-0.4, -0.2) is 37.9 Å². The summed E-state index contributed by atoms with van der Waals surface area (Å²) >= 11 is 1.34. The molecule has 2 aliphatic heterocycles. The molecular weight excluding hydrogens is 444 g/mol. The van der Waals surface area contributed by atoms with Gasteiger partial charge in [-0.2, -0.15) is 4.31 Å². The highest BCUT2D eigenvalue weighted by atomic mass is 32.2. The first kappa shape index (κ1) is 21.4. The Hall–Kier alpha value is -2.42. The molecule has 1 saturated heterocycles. The molecule has 2 aromatic carbocycles. The molecule has 1 fully saturated rings. The van der Waals surface area contributed by atoms with Gasteiger partial charge < -0.3 is 4.74 Å². The molecule has 0 spiro atoms. The fourth-order valence-electron chi connectivity index (χ4n) is 4.83. The number of cyclic esters (lactones) is 1. The molecule has 5 rings (SSSR count). The second-order valence-electron chi connectivity index (χ2n) is 8.66. The first-order valence-corrected chi connectivity index (χ1v) is 13.1. The van der Waals surface area contributed by atoms with Gasteiger partial charge in [-0.1, -0.05) is 35.9 Å². The third-order valence-electron chi connectivity index (χ3n) is 6.52. The molecule has 32 heavy (non-hydrogen) atoms. The maximum Gasteiger partial charge on any atom is 0.414 e. The number of ether oxygens (including phenoxy) is 1. The first-order chi connectivity index (χ1) is 15.3. The van der Waals surface area contributed by atoms with Crippen LogP contribution in [0.5, 0.6) is 0 Å². The van der Waals surface area contributed by atoms with Crippen molar-refractivity contribution >= 4 is 43.2 Å². The number of piperidine rings is 1. The van der Waals surface area contributed by atoms with E-state index in [1.165, 1.54) is 11.3 Å². The summed E-state index contributed by atoms with van der Waals surface area (Å²) in [4.78, 5) is 14.4. The Morgan fingerprint density at radius 1 is 1.06 bits per heavy atom. The SMILES string of the molecule is Cc1ccc2sc(S(=O)(=O)N3CCC(N4C(=O)OCc5cccc(C)c54)CC3)c(C)c2c1. The Kier molecular flexibility index (Phi) is 5.27. The number of amides is 1. The fraction of sp³-hybridized carbons (Fsp3) is 0.375. The van der Waals surface area contributed by atoms with Crippen LogP contribution >= 0.6 is 11.3 Å². The van der Waals surface area contributed by atoms with E-state index in [0.717, 1.165) is 38.0 Å². The molecule has 6 nitrogen and oxygen atoms in total. The van der Waals surface area contributed by atoms with Crippen molar-refractivity contribution in [1.29, 1.82) is 0 Å². The quantitative estimate of drug-likeness (QED) is 0.532. The third kappa shape index (κ3) is 3.41. The van der Waals surface area contributed by atoms with Crippen molar-refractivity contribution in [3.63, 3.8) is 0 Å². The summed E-state index contributed by atoms with van der Waals surface area (Å²) in [5.41, 5.74) is 4.88. The number of sulfonamides is 1. The zero-order chi connectivity index (χ0) is 22.6. The van der Waals surface area contributed by atoms with E-state index in [9.17, 15) is 13.2 Å². The summed E-state index contributed by atoms with van der Waals surface area (Å²) in [5, 5.41) is 1.01. The Bertz CT molecular complexity index is 1320. The standard InChI is InChI=1S/C24H26N2O4S2/c1-15-7-8-21-20(13-15)17(3)23(31-21)32(28,29)25-11-9-19(10-12-25)26-22-16(2)5-4-6-18(22)14-30-24(26)27/h4-8,13,19H,9-12,14H2,1-3H3. The Morgan fingerprint density at radius 3 is 2.56 bits per heavy atom. The van der Waals surface area contributed by atoms with E-state index in [1.807, 2.05) is 57.2 Å². The molecule has 1 amide bonds. The van der Waals surface area contributed by atoms with Gasteiger partial charge in [0.1, 0.15) is 10.8 Å². The number of fused-ring (bicyclic) bond motifs is 2. The Morgan fingerprint density at radius 2 is 1.81 bits per heavy atom. The van der Waals surface area contributed by atoms with Crippen LogP contribution in [0.25, 0.3) is 10.1 Å². The highest BCUT2D eigenvalue weighted by Crippen LogP contribution is 2.38. The topological polar surface area (TPSA) is 66.9 Å². The van der Waals surface area contributed by atoms with Crippen molar-refractivity contribution < 1.29 is 17.9 Å². The zero-order valence-electron chi connectivity index (χ0n) is 18.4. The van der Waals surface area contributed by atoms with Gasteiger partial charge in [-0.25, -0.2) is 13.2 Å². The van der Waals surface area contributed by atoms with Gasteiger partial charge in [0.2, 0.25) is 0 Å². The number of para-hydroxylation sites is 1. The zero-order valence-corrected chi connectivity index (χ0v) is 20.1. The lowest BCUT2D eigenvalue weighted by Gasteiger charge is -2.40. The van der Waals surface area contributed by atoms with Gasteiger partial charge >= 0.3 is 6.09 Å². The lowest BCUT2D eigenvalue weighted by atomic mass is 10.00. The van der Waals surface area contributed by atoms with Gasteiger partial charge in [-0.15, -0.1) is 11.3 Å². The molecule has 0 atom stereocenters. The average molecular weight is 471 g/mol. The van der Waals surface area contributed by atoms with Crippen LogP contribution in [0.2, 0.25) is 0 Å². The van der Waals surface area contributed by atoms with E-state index >= 15 is 0 Å². The second-order valence-corrected chi connectivity index (χ2v) is 11.8. The molecule has 0 aliphatic carbocycles. The number of aryl methyl sites for hydroxylation is 3. The summed E-state index contributed by atoms with van der Waals surface area (Å²) in [5.74, 6) is 0. The normalized spacial score (nSPS) is 18.1. The van der Waals surface area contributed by atoms with E-state index in [1.54, 1.807) is 9.21 Å². The van der Waals surface area contributed by atoms with Crippen LogP contribution in [0.1, 0.15) is 35.1 Å². The van der Waals surface area contributed by atoms with Crippen LogP contribution in [0, 0.1) is 20.8 Å². The van der Waals surface area contributed by atoms with Crippen molar-refractivity contribution in [2.75, 3.05) is 18.0 Å². The van der Waals surface area contributed by atoms with Crippen molar-refractivity contribution in [2.45, 2.75) is 50.5 Å². The summed E-state index contributed by atoms with van der Waals surface area (Å²) in [7, 11) is -3.59. The minimum absolute atomic E-state index is 0.0831. The smallest absolute Gasteiger partial charge is 0.414 e. The van der Waals surface area contributed by atoms with E-state index in [4.69, 9.17) is 4.74 Å². The van der Waals surface area contributed by atoms with Gasteiger partial charge in [-0.05, 0) is 56.2 Å². The Labute approximate surface area is 192 Å². The van der Waals surface area contributed by atoms with E-state index in [-0.39, 0.29) is 18.7 Å². The molecule has 0 saturated carbocycles. The lowest BCUT2D eigenvalue weighted by Crippen LogP contribution is -2.50. The van der Waals surface area contributed by atoms with Crippen LogP contribution in [0.3, 0.4) is 0 Å². The van der Waals surface area contributed by atoms with E-state index in [2.05, 4.69) is 0 Å². The van der Waals surface area contributed by atoms with Gasteiger partial charge in [0.05, 0.1) is 5.69 Å². The molecule has 3 aromatic rings. The number of carbonyl (C=O) groups is 1. The maximum absolute atomic E-state index is 13.5. The van der Waals surface area contributed by atoms with E-state index in [0.29, 0.717) is 30.1 Å². The number of nitrogens with zero attached hydrogens (tertiary/aromatic N) is 2. The predicted octanol–water partition coefficient (Wildman–Crippen LogP) is 5.14. The number of hydrogen-bond donors (Lipinski definition) is 0. The first-order valence-electron chi connectivity index (χ1n) is 10.8. The van der Waals surface area contributed by atoms with Crippen molar-refractivity contribution in [3.8, 4) is 0 Å². The molecule has 1 aromatic heterocycles. The molecule has 2 aliphatic rings. The van der Waals surface area contributed by atoms with Crippen molar-refractivity contribution in [3.05, 3.63) is 58.7 Å². The highest BCUT2D eigenvalue weighted by Gasteiger charge is 2.38. The minimum atomic E-state index is -3.59. The van der Waals surface area contributed by atoms with Crippen LogP contribution in [-0.2, 0) is 21.4 Å². The van der Waals surface area contributed by atoms with Crippen LogP contribution in [0.15, 0.2) is 40.6 Å². The molecule has 8 heteroatoms.